The highest BCUT2D eigenvalue weighted by molar-refractivity contribution is 5.96. The van der Waals surface area contributed by atoms with Crippen molar-refractivity contribution < 1.29 is 9.59 Å². The number of hydrogen-bond donors (Lipinski definition) is 0. The van der Waals surface area contributed by atoms with Gasteiger partial charge < -0.3 is 9.80 Å². The van der Waals surface area contributed by atoms with Gasteiger partial charge in [-0.05, 0) is 50.2 Å². The molecule has 2 aromatic carbocycles. The fraction of sp³-hybridized carbons (Fsp3) is 0.286. The zero-order valence-electron chi connectivity index (χ0n) is 15.9. The number of amides is 2. The van der Waals surface area contributed by atoms with E-state index in [4.69, 9.17) is 0 Å². The van der Waals surface area contributed by atoms with E-state index in [2.05, 4.69) is 4.98 Å². The first kappa shape index (κ1) is 18.6. The van der Waals surface area contributed by atoms with Gasteiger partial charge in [0.05, 0.1) is 17.6 Å². The summed E-state index contributed by atoms with van der Waals surface area (Å²) in [5.41, 5.74) is 3.42. The standard InChI is InChI=1S/C21H24N4O2/c1-4-24(5-2)20(26)14-23(3)21(27)16-10-12-17(13-11-16)25-15-22-18-8-6-7-9-19(18)25/h6-13,15H,4-5,14H2,1-3H3. The van der Waals surface area contributed by atoms with E-state index in [1.807, 2.05) is 54.8 Å². The summed E-state index contributed by atoms with van der Waals surface area (Å²) in [6.07, 6.45) is 1.77. The second kappa shape index (κ2) is 8.03. The van der Waals surface area contributed by atoms with Gasteiger partial charge in [0.2, 0.25) is 5.91 Å². The Morgan fingerprint density at radius 1 is 1.00 bits per heavy atom. The third-order valence-electron chi connectivity index (χ3n) is 4.68. The lowest BCUT2D eigenvalue weighted by Crippen LogP contribution is -2.41. The van der Waals surface area contributed by atoms with Crippen molar-refractivity contribution in [2.24, 2.45) is 0 Å². The fourth-order valence-electron chi connectivity index (χ4n) is 3.10. The summed E-state index contributed by atoms with van der Waals surface area (Å²) in [5, 5.41) is 0. The van der Waals surface area contributed by atoms with Crippen LogP contribution in [0.15, 0.2) is 54.9 Å². The number of imidazole rings is 1. The normalized spacial score (nSPS) is 10.8. The van der Waals surface area contributed by atoms with Gasteiger partial charge in [0, 0.05) is 31.4 Å². The first-order chi connectivity index (χ1) is 13.0. The first-order valence-electron chi connectivity index (χ1n) is 9.11. The van der Waals surface area contributed by atoms with E-state index < -0.39 is 0 Å². The highest BCUT2D eigenvalue weighted by atomic mass is 16.2. The fourth-order valence-corrected chi connectivity index (χ4v) is 3.10. The summed E-state index contributed by atoms with van der Waals surface area (Å²) in [7, 11) is 1.65. The molecule has 0 aliphatic carbocycles. The van der Waals surface area contributed by atoms with Crippen LogP contribution < -0.4 is 0 Å². The van der Waals surface area contributed by atoms with Gasteiger partial charge in [-0.1, -0.05) is 12.1 Å². The molecule has 1 heterocycles. The summed E-state index contributed by atoms with van der Waals surface area (Å²) < 4.78 is 1.98. The molecule has 3 rings (SSSR count). The number of benzene rings is 2. The second-order valence-electron chi connectivity index (χ2n) is 6.38. The minimum absolute atomic E-state index is 0.0441. The van der Waals surface area contributed by atoms with Crippen LogP contribution in [0.4, 0.5) is 0 Å². The van der Waals surface area contributed by atoms with Crippen LogP contribution in [-0.2, 0) is 4.79 Å². The summed E-state index contributed by atoms with van der Waals surface area (Å²) in [4.78, 5) is 32.4. The summed E-state index contributed by atoms with van der Waals surface area (Å²) in [5.74, 6) is -0.213. The minimum Gasteiger partial charge on any atom is -0.342 e. The van der Waals surface area contributed by atoms with Crippen molar-refractivity contribution in [1.29, 1.82) is 0 Å². The Bertz CT molecular complexity index is 942. The summed E-state index contributed by atoms with van der Waals surface area (Å²) >= 11 is 0. The molecule has 0 saturated carbocycles. The first-order valence-corrected chi connectivity index (χ1v) is 9.11. The molecule has 0 aliphatic rings. The Hall–Kier alpha value is -3.15. The molecule has 0 radical (unpaired) electrons. The van der Waals surface area contributed by atoms with E-state index in [1.54, 1.807) is 30.4 Å². The third kappa shape index (κ3) is 3.84. The maximum atomic E-state index is 12.6. The Kier molecular flexibility index (Phi) is 5.54. The van der Waals surface area contributed by atoms with E-state index in [-0.39, 0.29) is 18.4 Å². The van der Waals surface area contributed by atoms with Crippen LogP contribution in [0.2, 0.25) is 0 Å². The Morgan fingerprint density at radius 2 is 1.67 bits per heavy atom. The number of rotatable bonds is 6. The lowest BCUT2D eigenvalue weighted by molar-refractivity contribution is -0.131. The molecule has 3 aromatic rings. The largest absolute Gasteiger partial charge is 0.342 e. The summed E-state index contributed by atoms with van der Waals surface area (Å²) in [6.45, 7) is 5.23. The van der Waals surface area contributed by atoms with E-state index in [0.29, 0.717) is 18.7 Å². The van der Waals surface area contributed by atoms with Crippen LogP contribution in [0, 0.1) is 0 Å². The Labute approximate surface area is 159 Å². The molecule has 0 spiro atoms. The Morgan fingerprint density at radius 3 is 2.33 bits per heavy atom. The van der Waals surface area contributed by atoms with Crippen LogP contribution in [0.25, 0.3) is 16.7 Å². The van der Waals surface area contributed by atoms with Crippen molar-refractivity contribution >= 4 is 22.8 Å². The predicted octanol–water partition coefficient (Wildman–Crippen LogP) is 2.97. The topological polar surface area (TPSA) is 58.4 Å². The highest BCUT2D eigenvalue weighted by Gasteiger charge is 2.18. The van der Waals surface area contributed by atoms with Gasteiger partial charge in [-0.2, -0.15) is 0 Å². The number of nitrogens with zero attached hydrogens (tertiary/aromatic N) is 4. The molecule has 0 bridgehead atoms. The molecule has 0 aliphatic heterocycles. The minimum atomic E-state index is -0.169. The summed E-state index contributed by atoms with van der Waals surface area (Å²) in [6, 6.07) is 15.2. The maximum absolute atomic E-state index is 12.6. The van der Waals surface area contributed by atoms with Crippen molar-refractivity contribution in [1.82, 2.24) is 19.4 Å². The number of hydrogen-bond acceptors (Lipinski definition) is 3. The molecule has 27 heavy (non-hydrogen) atoms. The van der Waals surface area contributed by atoms with Crippen LogP contribution in [-0.4, -0.2) is 57.8 Å². The zero-order valence-corrected chi connectivity index (χ0v) is 15.9. The molecule has 0 fully saturated rings. The van der Waals surface area contributed by atoms with E-state index in [0.717, 1.165) is 16.7 Å². The molecule has 0 N–H and O–H groups in total. The van der Waals surface area contributed by atoms with Crippen LogP contribution >= 0.6 is 0 Å². The van der Waals surface area contributed by atoms with E-state index in [9.17, 15) is 9.59 Å². The van der Waals surface area contributed by atoms with Gasteiger partial charge >= 0.3 is 0 Å². The van der Waals surface area contributed by atoms with E-state index in [1.165, 1.54) is 4.90 Å². The van der Waals surface area contributed by atoms with Gasteiger partial charge in [-0.15, -0.1) is 0 Å². The van der Waals surface area contributed by atoms with E-state index >= 15 is 0 Å². The molecule has 6 heteroatoms. The van der Waals surface area contributed by atoms with Crippen molar-refractivity contribution in [2.75, 3.05) is 26.7 Å². The predicted molar refractivity (Wildman–Crippen MR) is 106 cm³/mol. The number of para-hydroxylation sites is 2. The third-order valence-corrected chi connectivity index (χ3v) is 4.68. The number of fused-ring (bicyclic) bond motifs is 1. The molecule has 0 unspecified atom stereocenters. The van der Waals surface area contributed by atoms with Crippen molar-refractivity contribution in [3.8, 4) is 5.69 Å². The average molecular weight is 364 g/mol. The van der Waals surface area contributed by atoms with Gasteiger partial charge in [0.1, 0.15) is 6.33 Å². The zero-order chi connectivity index (χ0) is 19.4. The molecule has 6 nitrogen and oxygen atoms in total. The molecule has 2 amide bonds. The quantitative estimate of drug-likeness (QED) is 0.676. The molecule has 0 atom stereocenters. The smallest absolute Gasteiger partial charge is 0.254 e. The number of aromatic nitrogens is 2. The van der Waals surface area contributed by atoms with Gasteiger partial charge in [-0.25, -0.2) is 4.98 Å². The van der Waals surface area contributed by atoms with Crippen LogP contribution in [0.5, 0.6) is 0 Å². The van der Waals surface area contributed by atoms with Gasteiger partial charge in [-0.3, -0.25) is 14.2 Å². The van der Waals surface area contributed by atoms with Gasteiger partial charge in [0.25, 0.3) is 5.91 Å². The lowest BCUT2D eigenvalue weighted by Gasteiger charge is -2.23. The molecular formula is C21H24N4O2. The monoisotopic (exact) mass is 364 g/mol. The average Bonchev–Trinajstić information content (AvgIpc) is 3.12. The maximum Gasteiger partial charge on any atom is 0.254 e. The number of likely N-dealkylation sites (N-methyl/N-ethyl adjacent to an activating group) is 2. The van der Waals surface area contributed by atoms with Crippen molar-refractivity contribution in [3.05, 3.63) is 60.4 Å². The van der Waals surface area contributed by atoms with Gasteiger partial charge in [0.15, 0.2) is 0 Å². The van der Waals surface area contributed by atoms with Crippen molar-refractivity contribution in [2.45, 2.75) is 13.8 Å². The van der Waals surface area contributed by atoms with Crippen LogP contribution in [0.3, 0.4) is 0 Å². The highest BCUT2D eigenvalue weighted by Crippen LogP contribution is 2.18. The molecule has 0 saturated heterocycles. The molecule has 1 aromatic heterocycles. The lowest BCUT2D eigenvalue weighted by atomic mass is 10.1. The second-order valence-corrected chi connectivity index (χ2v) is 6.38. The Balaban J connectivity index is 1.75. The number of carbonyl (C=O) groups is 2. The number of carbonyl (C=O) groups excluding carboxylic acids is 2. The molecular weight excluding hydrogens is 340 g/mol. The SMILES string of the molecule is CCN(CC)C(=O)CN(C)C(=O)c1ccc(-n2cnc3ccccc32)cc1. The molecule has 140 valence electrons. The van der Waals surface area contributed by atoms with Crippen LogP contribution in [0.1, 0.15) is 24.2 Å². The van der Waals surface area contributed by atoms with Crippen molar-refractivity contribution in [3.63, 3.8) is 0 Å².